The van der Waals surface area contributed by atoms with Crippen molar-refractivity contribution in [1.82, 2.24) is 0 Å². The molecule has 0 radical (unpaired) electrons. The maximum atomic E-state index is 11.9. The summed E-state index contributed by atoms with van der Waals surface area (Å²) in [5, 5.41) is 0. The molecule has 1 aromatic rings. The highest BCUT2D eigenvalue weighted by Gasteiger charge is 2.23. The van der Waals surface area contributed by atoms with E-state index in [0.717, 1.165) is 13.0 Å². The third kappa shape index (κ3) is 3.33. The smallest absolute Gasteiger partial charge is 0.148 e. The zero-order valence-corrected chi connectivity index (χ0v) is 11.2. The van der Waals surface area contributed by atoms with Gasteiger partial charge >= 0.3 is 0 Å². The Labute approximate surface area is 107 Å². The molecule has 0 aromatic heterocycles. The highest BCUT2D eigenvalue weighted by atomic mass is 32.2. The molecule has 92 valence electrons. The average Bonchev–Trinajstić information content (AvgIpc) is 2.81. The molecule has 1 atom stereocenters. The van der Waals surface area contributed by atoms with Gasteiger partial charge in [-0.05, 0) is 31.9 Å². The summed E-state index contributed by atoms with van der Waals surface area (Å²) in [5.41, 5.74) is 2.52. The van der Waals surface area contributed by atoms with Crippen LogP contribution in [0.15, 0.2) is 23.1 Å². The van der Waals surface area contributed by atoms with Gasteiger partial charge in [-0.1, -0.05) is 17.7 Å². The molecule has 2 rings (SSSR count). The average molecular weight is 250 g/mol. The van der Waals surface area contributed by atoms with E-state index in [4.69, 9.17) is 4.74 Å². The second-order valence-electron chi connectivity index (χ2n) is 4.58. The molecule has 0 spiro atoms. The van der Waals surface area contributed by atoms with Gasteiger partial charge in [-0.3, -0.25) is 4.79 Å². The number of carbonyl (C=O) groups is 1. The summed E-state index contributed by atoms with van der Waals surface area (Å²) in [6.07, 6.45) is 0.895. The van der Waals surface area contributed by atoms with E-state index in [2.05, 4.69) is 32.0 Å². The molecule has 1 aromatic carbocycles. The van der Waals surface area contributed by atoms with Gasteiger partial charge in [0.15, 0.2) is 0 Å². The van der Waals surface area contributed by atoms with Crippen molar-refractivity contribution >= 4 is 17.5 Å². The van der Waals surface area contributed by atoms with E-state index < -0.39 is 0 Å². The molecule has 2 nitrogen and oxygen atoms in total. The molecule has 0 N–H and O–H groups in total. The molecule has 0 aliphatic carbocycles. The van der Waals surface area contributed by atoms with Crippen molar-refractivity contribution < 1.29 is 9.53 Å². The third-order valence-corrected chi connectivity index (χ3v) is 4.28. The first-order chi connectivity index (χ1) is 8.16. The lowest BCUT2D eigenvalue weighted by Crippen LogP contribution is -2.16. The number of ether oxygens (including phenoxy) is 1. The second kappa shape index (κ2) is 5.69. The summed E-state index contributed by atoms with van der Waals surface area (Å²) >= 11 is 1.65. The predicted octanol–water partition coefficient (Wildman–Crippen LogP) is 3.00. The summed E-state index contributed by atoms with van der Waals surface area (Å²) in [6.45, 7) is 5.54. The molecule has 3 heteroatoms. The molecule has 1 aliphatic rings. The van der Waals surface area contributed by atoms with E-state index in [1.54, 1.807) is 11.8 Å². The number of Topliss-reactive ketones (excluding diaryl/α,β-unsaturated/α-hetero) is 1. The third-order valence-electron chi connectivity index (χ3n) is 3.09. The SMILES string of the molecule is Cc1ccc(SCC(=O)C2CCOC2)c(C)c1. The Hall–Kier alpha value is -0.800. The van der Waals surface area contributed by atoms with Crippen LogP contribution in [0.3, 0.4) is 0 Å². The Morgan fingerprint density at radius 1 is 1.47 bits per heavy atom. The topological polar surface area (TPSA) is 26.3 Å². The molecule has 1 unspecified atom stereocenters. The lowest BCUT2D eigenvalue weighted by Gasteiger charge is -2.08. The number of aryl methyl sites for hydroxylation is 2. The van der Waals surface area contributed by atoms with Crippen LogP contribution in [0.2, 0.25) is 0 Å². The summed E-state index contributed by atoms with van der Waals surface area (Å²) in [6, 6.07) is 6.36. The fourth-order valence-corrected chi connectivity index (χ4v) is 3.00. The Morgan fingerprint density at radius 2 is 2.29 bits per heavy atom. The van der Waals surface area contributed by atoms with Crippen molar-refractivity contribution in [1.29, 1.82) is 0 Å². The molecule has 1 saturated heterocycles. The van der Waals surface area contributed by atoms with Crippen molar-refractivity contribution in [2.24, 2.45) is 5.92 Å². The quantitative estimate of drug-likeness (QED) is 0.768. The second-order valence-corrected chi connectivity index (χ2v) is 5.60. The van der Waals surface area contributed by atoms with Crippen LogP contribution in [-0.4, -0.2) is 24.7 Å². The minimum Gasteiger partial charge on any atom is -0.381 e. The minimum atomic E-state index is 0.133. The van der Waals surface area contributed by atoms with E-state index in [-0.39, 0.29) is 5.92 Å². The number of hydrogen-bond acceptors (Lipinski definition) is 3. The van der Waals surface area contributed by atoms with Gasteiger partial charge in [0.1, 0.15) is 5.78 Å². The van der Waals surface area contributed by atoms with Gasteiger partial charge in [0.05, 0.1) is 12.4 Å². The number of thioether (sulfide) groups is 1. The number of benzene rings is 1. The van der Waals surface area contributed by atoms with Gasteiger partial charge in [-0.2, -0.15) is 0 Å². The summed E-state index contributed by atoms with van der Waals surface area (Å²) in [5.74, 6) is 1.03. The first-order valence-corrected chi connectivity index (χ1v) is 6.96. The first kappa shape index (κ1) is 12.7. The van der Waals surface area contributed by atoms with Crippen LogP contribution in [0.1, 0.15) is 17.5 Å². The maximum absolute atomic E-state index is 11.9. The van der Waals surface area contributed by atoms with Gasteiger partial charge < -0.3 is 4.74 Å². The van der Waals surface area contributed by atoms with Crippen LogP contribution in [0.25, 0.3) is 0 Å². The monoisotopic (exact) mass is 250 g/mol. The zero-order valence-electron chi connectivity index (χ0n) is 10.4. The van der Waals surface area contributed by atoms with Crippen LogP contribution in [-0.2, 0) is 9.53 Å². The Bertz CT molecular complexity index is 409. The molecule has 1 aliphatic heterocycles. The van der Waals surface area contributed by atoms with Crippen LogP contribution in [0.4, 0.5) is 0 Å². The summed E-state index contributed by atoms with van der Waals surface area (Å²) in [4.78, 5) is 13.1. The van der Waals surface area contributed by atoms with E-state index in [0.29, 0.717) is 18.1 Å². The molecule has 1 fully saturated rings. The molecular formula is C14H18O2S. The predicted molar refractivity (Wildman–Crippen MR) is 70.6 cm³/mol. The largest absolute Gasteiger partial charge is 0.381 e. The first-order valence-electron chi connectivity index (χ1n) is 5.97. The van der Waals surface area contributed by atoms with E-state index >= 15 is 0 Å². The standard InChI is InChI=1S/C14H18O2S/c1-10-3-4-14(11(2)7-10)17-9-13(15)12-5-6-16-8-12/h3-4,7,12H,5-6,8-9H2,1-2H3. The number of hydrogen-bond donors (Lipinski definition) is 0. The number of carbonyl (C=O) groups excluding carboxylic acids is 1. The van der Waals surface area contributed by atoms with Crippen LogP contribution < -0.4 is 0 Å². The van der Waals surface area contributed by atoms with Crippen molar-refractivity contribution in [3.63, 3.8) is 0 Å². The number of rotatable bonds is 4. The van der Waals surface area contributed by atoms with Crippen LogP contribution in [0, 0.1) is 19.8 Å². The molecule has 1 heterocycles. The lowest BCUT2D eigenvalue weighted by atomic mass is 10.1. The van der Waals surface area contributed by atoms with E-state index in [1.807, 2.05) is 0 Å². The van der Waals surface area contributed by atoms with E-state index in [1.165, 1.54) is 16.0 Å². The zero-order chi connectivity index (χ0) is 12.3. The molecular weight excluding hydrogens is 232 g/mol. The molecule has 0 amide bonds. The van der Waals surface area contributed by atoms with Gasteiger partial charge in [0, 0.05) is 17.4 Å². The summed E-state index contributed by atoms with van der Waals surface area (Å²) in [7, 11) is 0. The minimum absolute atomic E-state index is 0.133. The fraction of sp³-hybridized carbons (Fsp3) is 0.500. The van der Waals surface area contributed by atoms with E-state index in [9.17, 15) is 4.79 Å². The van der Waals surface area contributed by atoms with Crippen molar-refractivity contribution in [3.8, 4) is 0 Å². The Balaban J connectivity index is 1.90. The van der Waals surface area contributed by atoms with Crippen molar-refractivity contribution in [2.75, 3.05) is 19.0 Å². The molecule has 0 saturated carbocycles. The summed E-state index contributed by atoms with van der Waals surface area (Å²) < 4.78 is 5.24. The van der Waals surface area contributed by atoms with Gasteiger partial charge in [-0.25, -0.2) is 0 Å². The molecule has 17 heavy (non-hydrogen) atoms. The van der Waals surface area contributed by atoms with Gasteiger partial charge in [-0.15, -0.1) is 11.8 Å². The van der Waals surface area contributed by atoms with Gasteiger partial charge in [0.2, 0.25) is 0 Å². The highest BCUT2D eigenvalue weighted by molar-refractivity contribution is 8.00. The van der Waals surface area contributed by atoms with Crippen molar-refractivity contribution in [3.05, 3.63) is 29.3 Å². The van der Waals surface area contributed by atoms with Crippen LogP contribution >= 0.6 is 11.8 Å². The van der Waals surface area contributed by atoms with Crippen molar-refractivity contribution in [2.45, 2.75) is 25.2 Å². The van der Waals surface area contributed by atoms with Crippen LogP contribution in [0.5, 0.6) is 0 Å². The Kier molecular flexibility index (Phi) is 4.24. The fourth-order valence-electron chi connectivity index (χ4n) is 2.02. The Morgan fingerprint density at radius 3 is 2.94 bits per heavy atom. The number of ketones is 1. The van der Waals surface area contributed by atoms with Gasteiger partial charge in [0.25, 0.3) is 0 Å². The highest BCUT2D eigenvalue weighted by Crippen LogP contribution is 2.25. The maximum Gasteiger partial charge on any atom is 0.148 e. The molecule has 0 bridgehead atoms. The normalized spacial score (nSPS) is 19.5. The lowest BCUT2D eigenvalue weighted by molar-refractivity contribution is -0.120.